The zero-order valence-corrected chi connectivity index (χ0v) is 5.52. The van der Waals surface area contributed by atoms with Crippen LogP contribution in [-0.2, 0) is 0 Å². The number of hydrogen-bond acceptors (Lipinski definition) is 2. The zero-order chi connectivity index (χ0) is 6.20. The van der Waals surface area contributed by atoms with Gasteiger partial charge >= 0.3 is 0 Å². The molecule has 0 amide bonds. The van der Waals surface area contributed by atoms with Crippen LogP contribution in [0.25, 0.3) is 0 Å². The molecule has 1 aliphatic carbocycles. The second kappa shape index (κ2) is 1.71. The topological polar surface area (TPSA) is 23.5 Å². The Bertz CT molecular complexity index is 86.5. The van der Waals surface area contributed by atoms with Gasteiger partial charge in [0.15, 0.2) is 0 Å². The lowest BCUT2D eigenvalue weighted by Crippen LogP contribution is -2.49. The lowest BCUT2D eigenvalue weighted by Gasteiger charge is -2.42. The molecule has 0 aromatic carbocycles. The molecule has 2 nitrogen and oxygen atoms in total. The van der Waals surface area contributed by atoms with Gasteiger partial charge in [0.1, 0.15) is 5.72 Å². The fraction of sp³-hybridized carbons (Fsp3) is 1.00. The van der Waals surface area contributed by atoms with Crippen molar-refractivity contribution in [1.82, 2.24) is 4.90 Å². The molecular weight excluding hydrogens is 102 g/mol. The normalized spacial score (nSPS) is 25.5. The van der Waals surface area contributed by atoms with E-state index in [2.05, 4.69) is 0 Å². The van der Waals surface area contributed by atoms with Crippen LogP contribution in [0, 0.1) is 0 Å². The van der Waals surface area contributed by atoms with Crippen molar-refractivity contribution in [1.29, 1.82) is 0 Å². The van der Waals surface area contributed by atoms with Gasteiger partial charge in [0.2, 0.25) is 0 Å². The van der Waals surface area contributed by atoms with Crippen LogP contribution in [0.5, 0.6) is 0 Å². The monoisotopic (exact) mass is 115 g/mol. The van der Waals surface area contributed by atoms with Crippen LogP contribution in [0.3, 0.4) is 0 Å². The lowest BCUT2D eigenvalue weighted by atomic mass is 9.87. The van der Waals surface area contributed by atoms with Crippen LogP contribution >= 0.6 is 0 Å². The minimum atomic E-state index is -0.444. The molecule has 1 saturated carbocycles. The Morgan fingerprint density at radius 2 is 1.88 bits per heavy atom. The Morgan fingerprint density at radius 3 is 1.88 bits per heavy atom. The van der Waals surface area contributed by atoms with Gasteiger partial charge in [-0.3, -0.25) is 4.90 Å². The van der Waals surface area contributed by atoms with Gasteiger partial charge < -0.3 is 5.11 Å². The molecular formula is C6H13NO. The van der Waals surface area contributed by atoms with Crippen LogP contribution < -0.4 is 0 Å². The maximum absolute atomic E-state index is 9.41. The van der Waals surface area contributed by atoms with Gasteiger partial charge in [0.05, 0.1) is 0 Å². The van der Waals surface area contributed by atoms with Crippen molar-refractivity contribution >= 4 is 0 Å². The summed E-state index contributed by atoms with van der Waals surface area (Å²) in [5, 5.41) is 9.41. The molecule has 0 unspecified atom stereocenters. The molecule has 0 bridgehead atoms. The van der Waals surface area contributed by atoms with Gasteiger partial charge in [-0.2, -0.15) is 0 Å². The molecule has 0 saturated heterocycles. The first-order valence-electron chi connectivity index (χ1n) is 3.05. The summed E-state index contributed by atoms with van der Waals surface area (Å²) in [6.45, 7) is 0. The highest BCUT2D eigenvalue weighted by molar-refractivity contribution is 4.84. The average Bonchev–Trinajstić information content (AvgIpc) is 1.60. The van der Waals surface area contributed by atoms with E-state index in [1.54, 1.807) is 0 Å². The highest BCUT2D eigenvalue weighted by Crippen LogP contribution is 2.32. The average molecular weight is 115 g/mol. The highest BCUT2D eigenvalue weighted by Gasteiger charge is 2.36. The number of nitrogens with zero attached hydrogens (tertiary/aromatic N) is 1. The zero-order valence-electron chi connectivity index (χ0n) is 5.52. The molecule has 48 valence electrons. The third-order valence-electron chi connectivity index (χ3n) is 1.99. The quantitative estimate of drug-likeness (QED) is 0.501. The molecule has 8 heavy (non-hydrogen) atoms. The molecule has 0 heterocycles. The molecule has 0 aromatic heterocycles. The predicted octanol–water partition coefficient (Wildman–Crippen LogP) is 0.420. The fourth-order valence-corrected chi connectivity index (χ4v) is 0.940. The van der Waals surface area contributed by atoms with Gasteiger partial charge in [-0.15, -0.1) is 0 Å². The summed E-state index contributed by atoms with van der Waals surface area (Å²) in [4.78, 5) is 1.89. The van der Waals surface area contributed by atoms with Crippen molar-refractivity contribution in [2.45, 2.75) is 25.0 Å². The number of aliphatic hydroxyl groups is 1. The molecule has 1 aliphatic rings. The first-order valence-corrected chi connectivity index (χ1v) is 3.05. The Hall–Kier alpha value is -0.0800. The Kier molecular flexibility index (Phi) is 1.29. The molecule has 0 aromatic rings. The van der Waals surface area contributed by atoms with E-state index < -0.39 is 5.72 Å². The van der Waals surface area contributed by atoms with E-state index in [0.29, 0.717) is 0 Å². The van der Waals surface area contributed by atoms with Crippen molar-refractivity contribution in [3.63, 3.8) is 0 Å². The molecule has 1 N–H and O–H groups in total. The minimum Gasteiger partial charge on any atom is -0.376 e. The molecule has 0 radical (unpaired) electrons. The molecule has 0 aliphatic heterocycles. The van der Waals surface area contributed by atoms with Crippen LogP contribution in [-0.4, -0.2) is 29.8 Å². The summed E-state index contributed by atoms with van der Waals surface area (Å²) in [7, 11) is 3.83. The third kappa shape index (κ3) is 0.740. The summed E-state index contributed by atoms with van der Waals surface area (Å²) in [5.41, 5.74) is -0.444. The van der Waals surface area contributed by atoms with Crippen LogP contribution in [0.15, 0.2) is 0 Å². The minimum absolute atomic E-state index is 0.444. The summed E-state index contributed by atoms with van der Waals surface area (Å²) < 4.78 is 0. The van der Waals surface area contributed by atoms with Gasteiger partial charge in [-0.05, 0) is 33.4 Å². The maximum Gasteiger partial charge on any atom is 0.118 e. The van der Waals surface area contributed by atoms with Gasteiger partial charge in [-0.1, -0.05) is 0 Å². The summed E-state index contributed by atoms with van der Waals surface area (Å²) >= 11 is 0. The predicted molar refractivity (Wildman–Crippen MR) is 32.5 cm³/mol. The Morgan fingerprint density at radius 1 is 1.38 bits per heavy atom. The molecule has 0 spiro atoms. The standard InChI is InChI=1S/C6H13NO/c1-7(2)6(8)4-3-5-6/h8H,3-5H2,1-2H3. The van der Waals surface area contributed by atoms with E-state index in [-0.39, 0.29) is 0 Å². The van der Waals surface area contributed by atoms with E-state index in [9.17, 15) is 5.11 Å². The van der Waals surface area contributed by atoms with Gasteiger partial charge in [-0.25, -0.2) is 0 Å². The van der Waals surface area contributed by atoms with Crippen molar-refractivity contribution in [3.05, 3.63) is 0 Å². The van der Waals surface area contributed by atoms with E-state index in [1.165, 1.54) is 6.42 Å². The second-order valence-electron chi connectivity index (χ2n) is 2.73. The first-order chi connectivity index (χ1) is 3.65. The summed E-state index contributed by atoms with van der Waals surface area (Å²) in [6.07, 6.45) is 3.06. The SMILES string of the molecule is CN(C)C1(O)CCC1. The van der Waals surface area contributed by atoms with E-state index in [0.717, 1.165) is 12.8 Å². The van der Waals surface area contributed by atoms with Gasteiger partial charge in [0.25, 0.3) is 0 Å². The highest BCUT2D eigenvalue weighted by atomic mass is 16.3. The Balaban J connectivity index is 2.41. The number of rotatable bonds is 1. The number of hydrogen-bond donors (Lipinski definition) is 1. The van der Waals surface area contributed by atoms with Crippen molar-refractivity contribution < 1.29 is 5.11 Å². The molecule has 2 heteroatoms. The molecule has 0 atom stereocenters. The van der Waals surface area contributed by atoms with E-state index in [4.69, 9.17) is 0 Å². The first kappa shape index (κ1) is 6.05. The lowest BCUT2D eigenvalue weighted by molar-refractivity contribution is -0.140. The van der Waals surface area contributed by atoms with Crippen molar-refractivity contribution in [3.8, 4) is 0 Å². The summed E-state index contributed by atoms with van der Waals surface area (Å²) in [6, 6.07) is 0. The van der Waals surface area contributed by atoms with E-state index in [1.807, 2.05) is 19.0 Å². The van der Waals surface area contributed by atoms with E-state index >= 15 is 0 Å². The van der Waals surface area contributed by atoms with Crippen LogP contribution in [0.4, 0.5) is 0 Å². The Labute approximate surface area is 50.1 Å². The fourth-order valence-electron chi connectivity index (χ4n) is 0.940. The third-order valence-corrected chi connectivity index (χ3v) is 1.99. The largest absolute Gasteiger partial charge is 0.376 e. The molecule has 1 fully saturated rings. The van der Waals surface area contributed by atoms with Crippen LogP contribution in [0.1, 0.15) is 19.3 Å². The smallest absolute Gasteiger partial charge is 0.118 e. The van der Waals surface area contributed by atoms with Crippen LogP contribution in [0.2, 0.25) is 0 Å². The summed E-state index contributed by atoms with van der Waals surface area (Å²) in [5.74, 6) is 0. The van der Waals surface area contributed by atoms with Crippen molar-refractivity contribution in [2.24, 2.45) is 0 Å². The molecule has 1 rings (SSSR count). The van der Waals surface area contributed by atoms with Crippen molar-refractivity contribution in [2.75, 3.05) is 14.1 Å². The maximum atomic E-state index is 9.41. The van der Waals surface area contributed by atoms with Gasteiger partial charge in [0, 0.05) is 0 Å². The second-order valence-corrected chi connectivity index (χ2v) is 2.73.